The topological polar surface area (TPSA) is 41.0 Å². The molecule has 1 saturated heterocycles. The molecule has 2 aromatic carbocycles. The average Bonchev–Trinajstić information content (AvgIpc) is 2.91. The summed E-state index contributed by atoms with van der Waals surface area (Å²) in [5.74, 6) is -0.208. The van der Waals surface area contributed by atoms with Gasteiger partial charge in [-0.2, -0.15) is 0 Å². The third-order valence-corrected chi connectivity index (χ3v) is 5.05. The Morgan fingerprint density at radius 2 is 1.83 bits per heavy atom. The molecule has 1 aromatic heterocycles. The number of benzene rings is 2. The molecule has 1 aliphatic heterocycles. The van der Waals surface area contributed by atoms with E-state index in [2.05, 4.69) is 16.9 Å². The molecule has 0 amide bonds. The van der Waals surface area contributed by atoms with Crippen molar-refractivity contribution in [1.82, 2.24) is 14.5 Å². The van der Waals surface area contributed by atoms with Crippen molar-refractivity contribution >= 4 is 11.0 Å². The van der Waals surface area contributed by atoms with Crippen molar-refractivity contribution in [3.05, 3.63) is 70.4 Å². The molecule has 2 heterocycles. The fraction of sp³-hybridized carbons (Fsp3) is 0.316. The number of hydrogen-bond donors (Lipinski definition) is 1. The highest BCUT2D eigenvalue weighted by Crippen LogP contribution is 2.34. The predicted octanol–water partition coefficient (Wildman–Crippen LogP) is 3.48. The summed E-state index contributed by atoms with van der Waals surface area (Å²) in [5, 5.41) is 0. The Hall–Kier alpha value is -2.40. The molecule has 24 heavy (non-hydrogen) atoms. The number of H-pyrrole nitrogens is 1. The first-order valence-corrected chi connectivity index (χ1v) is 8.28. The first-order valence-electron chi connectivity index (χ1n) is 8.28. The number of aromatic nitrogens is 2. The maximum atomic E-state index is 13.1. The molecular formula is C19H20FN3O. The molecule has 4 nitrogen and oxygen atoms in total. The molecular weight excluding hydrogens is 305 g/mol. The van der Waals surface area contributed by atoms with E-state index in [-0.39, 0.29) is 23.6 Å². The van der Waals surface area contributed by atoms with Crippen LogP contribution in [-0.4, -0.2) is 28.0 Å². The third kappa shape index (κ3) is 2.55. The summed E-state index contributed by atoms with van der Waals surface area (Å²) < 4.78 is 15.0. The highest BCUT2D eigenvalue weighted by Gasteiger charge is 2.29. The number of imidazole rings is 1. The highest BCUT2D eigenvalue weighted by molar-refractivity contribution is 5.75. The SMILES string of the molecule is CN1C[C@H](n2c(=O)[nH]c3ccccc32)CC[C@@H]1c1ccc(F)cc1. The number of para-hydroxylation sites is 2. The number of likely N-dealkylation sites (tertiary alicyclic amines) is 1. The fourth-order valence-corrected chi connectivity index (χ4v) is 3.88. The molecule has 1 aliphatic rings. The second-order valence-electron chi connectivity index (χ2n) is 6.56. The molecule has 124 valence electrons. The largest absolute Gasteiger partial charge is 0.326 e. The second kappa shape index (κ2) is 5.91. The number of nitrogens with one attached hydrogen (secondary N) is 1. The van der Waals surface area contributed by atoms with Gasteiger partial charge in [-0.1, -0.05) is 24.3 Å². The number of piperidine rings is 1. The maximum Gasteiger partial charge on any atom is 0.326 e. The number of hydrogen-bond acceptors (Lipinski definition) is 2. The lowest BCUT2D eigenvalue weighted by atomic mass is 9.93. The van der Waals surface area contributed by atoms with Crippen molar-refractivity contribution in [1.29, 1.82) is 0 Å². The van der Waals surface area contributed by atoms with Gasteiger partial charge in [-0.15, -0.1) is 0 Å². The summed E-state index contributed by atoms with van der Waals surface area (Å²) in [7, 11) is 2.07. The number of aromatic amines is 1. The second-order valence-corrected chi connectivity index (χ2v) is 6.56. The van der Waals surface area contributed by atoms with E-state index in [1.807, 2.05) is 41.0 Å². The van der Waals surface area contributed by atoms with E-state index in [4.69, 9.17) is 0 Å². The molecule has 0 radical (unpaired) electrons. The van der Waals surface area contributed by atoms with Gasteiger partial charge in [0, 0.05) is 12.6 Å². The first kappa shape index (κ1) is 15.1. The van der Waals surface area contributed by atoms with Gasteiger partial charge >= 0.3 is 5.69 Å². The lowest BCUT2D eigenvalue weighted by Gasteiger charge is -2.38. The van der Waals surface area contributed by atoms with Crippen LogP contribution >= 0.6 is 0 Å². The van der Waals surface area contributed by atoms with Gasteiger partial charge in [0.15, 0.2) is 0 Å². The van der Waals surface area contributed by atoms with Crippen LogP contribution in [0, 0.1) is 5.82 Å². The van der Waals surface area contributed by atoms with Gasteiger partial charge in [-0.3, -0.25) is 9.47 Å². The van der Waals surface area contributed by atoms with Gasteiger partial charge in [-0.05, 0) is 49.7 Å². The summed E-state index contributed by atoms with van der Waals surface area (Å²) in [5.41, 5.74) is 2.92. The van der Waals surface area contributed by atoms with Crippen LogP contribution in [0.15, 0.2) is 53.3 Å². The molecule has 1 fully saturated rings. The molecule has 3 aromatic rings. The summed E-state index contributed by atoms with van der Waals surface area (Å²) in [6, 6.07) is 15.0. The summed E-state index contributed by atoms with van der Waals surface area (Å²) in [4.78, 5) is 17.6. The van der Waals surface area contributed by atoms with Gasteiger partial charge in [0.1, 0.15) is 5.82 Å². The van der Waals surface area contributed by atoms with Crippen LogP contribution in [0.3, 0.4) is 0 Å². The Labute approximate surface area is 139 Å². The van der Waals surface area contributed by atoms with E-state index in [0.29, 0.717) is 0 Å². The van der Waals surface area contributed by atoms with Gasteiger partial charge in [0.05, 0.1) is 17.1 Å². The Bertz CT molecular complexity index is 912. The van der Waals surface area contributed by atoms with Crippen LogP contribution in [0.5, 0.6) is 0 Å². The summed E-state index contributed by atoms with van der Waals surface area (Å²) >= 11 is 0. The van der Waals surface area contributed by atoms with E-state index in [9.17, 15) is 9.18 Å². The predicted molar refractivity (Wildman–Crippen MR) is 92.6 cm³/mol. The van der Waals surface area contributed by atoms with E-state index in [0.717, 1.165) is 36.0 Å². The molecule has 0 aliphatic carbocycles. The monoisotopic (exact) mass is 325 g/mol. The smallest absolute Gasteiger partial charge is 0.306 e. The number of likely N-dealkylation sites (N-methyl/N-ethyl adjacent to an activating group) is 1. The van der Waals surface area contributed by atoms with Crippen molar-refractivity contribution in [2.75, 3.05) is 13.6 Å². The minimum absolute atomic E-state index is 0.0465. The van der Waals surface area contributed by atoms with Crippen molar-refractivity contribution in [2.24, 2.45) is 0 Å². The van der Waals surface area contributed by atoms with Gasteiger partial charge in [0.2, 0.25) is 0 Å². The third-order valence-electron chi connectivity index (χ3n) is 5.05. The maximum absolute atomic E-state index is 13.1. The van der Waals surface area contributed by atoms with E-state index in [1.54, 1.807) is 0 Å². The Morgan fingerprint density at radius 1 is 1.08 bits per heavy atom. The molecule has 0 bridgehead atoms. The zero-order chi connectivity index (χ0) is 16.7. The Morgan fingerprint density at radius 3 is 2.58 bits per heavy atom. The van der Waals surface area contributed by atoms with Crippen LogP contribution in [0.25, 0.3) is 11.0 Å². The van der Waals surface area contributed by atoms with Gasteiger partial charge < -0.3 is 4.98 Å². The van der Waals surface area contributed by atoms with Crippen LogP contribution < -0.4 is 5.69 Å². The van der Waals surface area contributed by atoms with Crippen LogP contribution in [0.1, 0.15) is 30.5 Å². The van der Waals surface area contributed by atoms with Crippen molar-refractivity contribution < 1.29 is 4.39 Å². The summed E-state index contributed by atoms with van der Waals surface area (Å²) in [6.45, 7) is 0.795. The van der Waals surface area contributed by atoms with Crippen LogP contribution in [0.4, 0.5) is 4.39 Å². The highest BCUT2D eigenvalue weighted by atomic mass is 19.1. The quantitative estimate of drug-likeness (QED) is 0.784. The fourth-order valence-electron chi connectivity index (χ4n) is 3.88. The lowest BCUT2D eigenvalue weighted by Crippen LogP contribution is -2.39. The molecule has 5 heteroatoms. The first-order chi connectivity index (χ1) is 11.6. The van der Waals surface area contributed by atoms with Crippen molar-refractivity contribution in [3.63, 3.8) is 0 Å². The zero-order valence-electron chi connectivity index (χ0n) is 13.6. The number of fused-ring (bicyclic) bond motifs is 1. The Balaban J connectivity index is 1.61. The lowest BCUT2D eigenvalue weighted by molar-refractivity contribution is 0.142. The minimum Gasteiger partial charge on any atom is -0.306 e. The normalized spacial score (nSPS) is 22.1. The molecule has 0 saturated carbocycles. The van der Waals surface area contributed by atoms with Gasteiger partial charge in [0.25, 0.3) is 0 Å². The molecule has 0 unspecified atom stereocenters. The van der Waals surface area contributed by atoms with E-state index >= 15 is 0 Å². The van der Waals surface area contributed by atoms with Crippen LogP contribution in [-0.2, 0) is 0 Å². The standard InChI is InChI=1S/C19H20FN3O/c1-22-12-15(10-11-17(22)13-6-8-14(20)9-7-13)23-18-5-3-2-4-16(18)21-19(23)24/h2-9,15,17H,10-12H2,1H3,(H,21,24)/t15-,17-/m1/s1. The average molecular weight is 325 g/mol. The molecule has 4 rings (SSSR count). The van der Waals surface area contributed by atoms with Crippen molar-refractivity contribution in [2.45, 2.75) is 24.9 Å². The molecule has 2 atom stereocenters. The van der Waals surface area contributed by atoms with Gasteiger partial charge in [-0.25, -0.2) is 9.18 Å². The van der Waals surface area contributed by atoms with E-state index in [1.165, 1.54) is 12.1 Å². The zero-order valence-corrected chi connectivity index (χ0v) is 13.6. The minimum atomic E-state index is -0.208. The van der Waals surface area contributed by atoms with Crippen LogP contribution in [0.2, 0.25) is 0 Å². The van der Waals surface area contributed by atoms with E-state index < -0.39 is 0 Å². The van der Waals surface area contributed by atoms with Crippen molar-refractivity contribution in [3.8, 4) is 0 Å². The number of halogens is 1. The number of nitrogens with zero attached hydrogens (tertiary/aromatic N) is 2. The summed E-state index contributed by atoms with van der Waals surface area (Å²) in [6.07, 6.45) is 1.87. The Kier molecular flexibility index (Phi) is 3.73. The molecule has 0 spiro atoms. The number of rotatable bonds is 2. The molecule has 1 N–H and O–H groups in total.